The highest BCUT2D eigenvalue weighted by Crippen LogP contribution is 2.42. The van der Waals surface area contributed by atoms with E-state index >= 15 is 0 Å². The summed E-state index contributed by atoms with van der Waals surface area (Å²) in [6.07, 6.45) is 1.55. The number of aliphatic hydroxyl groups is 1. The zero-order chi connectivity index (χ0) is 19.8. The van der Waals surface area contributed by atoms with E-state index < -0.39 is 17.7 Å². The van der Waals surface area contributed by atoms with Crippen molar-refractivity contribution >= 4 is 57.1 Å². The largest absolute Gasteiger partial charge is 0.507 e. The molecule has 1 fully saturated rings. The zero-order valence-corrected chi connectivity index (χ0v) is 16.5. The van der Waals surface area contributed by atoms with Crippen molar-refractivity contribution < 1.29 is 14.7 Å². The highest BCUT2D eigenvalue weighted by atomic mass is 35.5. The number of hydrogen-bond donors (Lipinski definition) is 1. The average molecular weight is 431 g/mol. The van der Waals surface area contributed by atoms with Gasteiger partial charge in [0.25, 0.3) is 5.78 Å². The Balaban J connectivity index is 1.93. The molecule has 140 valence electrons. The van der Waals surface area contributed by atoms with E-state index in [2.05, 4.69) is 4.98 Å². The number of hydrogen-bond acceptors (Lipinski definition) is 5. The maximum atomic E-state index is 12.9. The molecule has 3 aromatic rings. The van der Waals surface area contributed by atoms with E-state index in [1.165, 1.54) is 16.2 Å². The minimum Gasteiger partial charge on any atom is -0.507 e. The van der Waals surface area contributed by atoms with Gasteiger partial charge in [0.05, 0.1) is 11.6 Å². The summed E-state index contributed by atoms with van der Waals surface area (Å²) in [5, 5.41) is 14.0. The lowest BCUT2D eigenvalue weighted by Gasteiger charge is -2.23. The van der Waals surface area contributed by atoms with Crippen molar-refractivity contribution in [3.05, 3.63) is 86.9 Å². The lowest BCUT2D eigenvalue weighted by Crippen LogP contribution is -2.29. The number of halogens is 2. The van der Waals surface area contributed by atoms with Gasteiger partial charge in [-0.2, -0.15) is 0 Å². The van der Waals surface area contributed by atoms with Crippen LogP contribution in [0.5, 0.6) is 0 Å². The topological polar surface area (TPSA) is 70.5 Å². The summed E-state index contributed by atoms with van der Waals surface area (Å²) in [4.78, 5) is 31.1. The molecule has 2 aromatic carbocycles. The van der Waals surface area contributed by atoms with Crippen LogP contribution in [0.3, 0.4) is 0 Å². The third kappa shape index (κ3) is 3.20. The zero-order valence-electron chi connectivity index (χ0n) is 14.2. The number of amides is 1. The number of nitrogens with zero attached hydrogens (tertiary/aromatic N) is 2. The lowest BCUT2D eigenvalue weighted by atomic mass is 9.95. The maximum absolute atomic E-state index is 12.9. The van der Waals surface area contributed by atoms with Gasteiger partial charge in [-0.3, -0.25) is 14.5 Å². The van der Waals surface area contributed by atoms with E-state index in [-0.39, 0.29) is 11.3 Å². The quantitative estimate of drug-likeness (QED) is 0.357. The predicted molar refractivity (Wildman–Crippen MR) is 110 cm³/mol. The molecule has 5 nitrogen and oxygen atoms in total. The Bertz CT molecular complexity index is 1080. The summed E-state index contributed by atoms with van der Waals surface area (Å²) in [6, 6.07) is 12.3. The number of rotatable bonds is 3. The molecule has 1 N–H and O–H groups in total. The summed E-state index contributed by atoms with van der Waals surface area (Å²) in [6.45, 7) is 0. The number of ketones is 1. The second kappa shape index (κ2) is 7.39. The molecule has 1 amide bonds. The van der Waals surface area contributed by atoms with Gasteiger partial charge in [-0.15, -0.1) is 11.3 Å². The fourth-order valence-electron chi connectivity index (χ4n) is 3.09. The molecule has 0 bridgehead atoms. The van der Waals surface area contributed by atoms with Gasteiger partial charge in [0, 0.05) is 27.2 Å². The summed E-state index contributed by atoms with van der Waals surface area (Å²) in [5.74, 6) is -1.79. The van der Waals surface area contributed by atoms with Gasteiger partial charge < -0.3 is 5.11 Å². The summed E-state index contributed by atoms with van der Waals surface area (Å²) in [5.41, 5.74) is 1.01. The van der Waals surface area contributed by atoms with Gasteiger partial charge >= 0.3 is 5.91 Å². The number of aromatic nitrogens is 1. The Kier molecular flexibility index (Phi) is 4.93. The van der Waals surface area contributed by atoms with Crippen LogP contribution in [0.4, 0.5) is 5.13 Å². The van der Waals surface area contributed by atoms with Crippen molar-refractivity contribution in [3.63, 3.8) is 0 Å². The van der Waals surface area contributed by atoms with Crippen LogP contribution in [-0.2, 0) is 9.59 Å². The predicted octanol–water partition coefficient (Wildman–Crippen LogP) is 5.08. The van der Waals surface area contributed by atoms with E-state index in [1.807, 2.05) is 0 Å². The van der Waals surface area contributed by atoms with Crippen LogP contribution in [0.15, 0.2) is 65.7 Å². The van der Waals surface area contributed by atoms with Crippen LogP contribution in [0, 0.1) is 0 Å². The molecule has 1 saturated heterocycles. The number of anilines is 1. The van der Waals surface area contributed by atoms with Crippen LogP contribution in [0.1, 0.15) is 17.2 Å². The van der Waals surface area contributed by atoms with E-state index in [0.717, 1.165) is 0 Å². The number of thiazole rings is 1. The Morgan fingerprint density at radius 2 is 1.61 bits per heavy atom. The highest BCUT2D eigenvalue weighted by molar-refractivity contribution is 7.14. The molecular formula is C20H12Cl2N2O3S. The molecule has 0 spiro atoms. The van der Waals surface area contributed by atoms with Crippen molar-refractivity contribution in [1.29, 1.82) is 0 Å². The van der Waals surface area contributed by atoms with Gasteiger partial charge in [-0.1, -0.05) is 35.3 Å². The second-order valence-corrected chi connectivity index (χ2v) is 7.79. The molecule has 1 aliphatic heterocycles. The number of aliphatic hydroxyl groups excluding tert-OH is 1. The third-order valence-corrected chi connectivity index (χ3v) is 5.65. The SMILES string of the molecule is O=C1C(=O)N(c2nccs2)[C@H](c2ccc(Cl)cc2)/C1=C(\O)c1ccc(Cl)cc1. The van der Waals surface area contributed by atoms with Crippen molar-refractivity contribution in [1.82, 2.24) is 4.98 Å². The number of benzene rings is 2. The second-order valence-electron chi connectivity index (χ2n) is 6.04. The molecular weight excluding hydrogens is 419 g/mol. The molecule has 4 rings (SSSR count). The molecule has 0 unspecified atom stereocenters. The van der Waals surface area contributed by atoms with E-state index in [0.29, 0.717) is 26.3 Å². The van der Waals surface area contributed by atoms with Crippen LogP contribution in [0.25, 0.3) is 5.76 Å². The van der Waals surface area contributed by atoms with Gasteiger partial charge in [-0.05, 0) is 42.0 Å². The minimum absolute atomic E-state index is 0.00940. The minimum atomic E-state index is -0.820. The smallest absolute Gasteiger partial charge is 0.301 e. The Morgan fingerprint density at radius 1 is 1.00 bits per heavy atom. The molecule has 1 aromatic heterocycles. The van der Waals surface area contributed by atoms with Gasteiger partial charge in [0.2, 0.25) is 0 Å². The average Bonchev–Trinajstić information content (AvgIpc) is 3.30. The number of Topliss-reactive ketones (excluding diaryl/α,β-unsaturated/α-hetero) is 1. The summed E-state index contributed by atoms with van der Waals surface area (Å²) < 4.78 is 0. The maximum Gasteiger partial charge on any atom is 0.301 e. The lowest BCUT2D eigenvalue weighted by molar-refractivity contribution is -0.132. The Labute approximate surface area is 174 Å². The first-order valence-electron chi connectivity index (χ1n) is 8.19. The summed E-state index contributed by atoms with van der Waals surface area (Å²) >= 11 is 13.1. The number of carbonyl (C=O) groups excluding carboxylic acids is 2. The van der Waals surface area contributed by atoms with Gasteiger partial charge in [-0.25, -0.2) is 4.98 Å². The van der Waals surface area contributed by atoms with Crippen LogP contribution >= 0.6 is 34.5 Å². The number of carbonyl (C=O) groups is 2. The van der Waals surface area contributed by atoms with Crippen molar-refractivity contribution in [2.45, 2.75) is 6.04 Å². The van der Waals surface area contributed by atoms with Crippen LogP contribution in [-0.4, -0.2) is 21.8 Å². The molecule has 1 atom stereocenters. The molecule has 1 aliphatic rings. The Morgan fingerprint density at radius 3 is 2.18 bits per heavy atom. The molecule has 0 saturated carbocycles. The van der Waals surface area contributed by atoms with Gasteiger partial charge in [0.15, 0.2) is 5.13 Å². The van der Waals surface area contributed by atoms with E-state index in [4.69, 9.17) is 23.2 Å². The van der Waals surface area contributed by atoms with Crippen molar-refractivity contribution in [2.75, 3.05) is 4.90 Å². The monoisotopic (exact) mass is 430 g/mol. The van der Waals surface area contributed by atoms with E-state index in [9.17, 15) is 14.7 Å². The first-order valence-corrected chi connectivity index (χ1v) is 9.83. The highest BCUT2D eigenvalue weighted by Gasteiger charge is 2.47. The molecule has 2 heterocycles. The third-order valence-electron chi connectivity index (χ3n) is 4.37. The normalized spacial score (nSPS) is 18.6. The fourth-order valence-corrected chi connectivity index (χ4v) is 4.01. The first-order chi connectivity index (χ1) is 13.5. The van der Waals surface area contributed by atoms with Crippen molar-refractivity contribution in [2.24, 2.45) is 0 Å². The molecule has 0 aliphatic carbocycles. The molecule has 0 radical (unpaired) electrons. The first kappa shape index (κ1) is 18.7. The molecule has 8 heteroatoms. The summed E-state index contributed by atoms with van der Waals surface area (Å²) in [7, 11) is 0. The van der Waals surface area contributed by atoms with Gasteiger partial charge in [0.1, 0.15) is 5.76 Å². The molecule has 28 heavy (non-hydrogen) atoms. The van der Waals surface area contributed by atoms with E-state index in [1.54, 1.807) is 60.1 Å². The van der Waals surface area contributed by atoms with Crippen molar-refractivity contribution in [3.8, 4) is 0 Å². The van der Waals surface area contributed by atoms with Crippen LogP contribution in [0.2, 0.25) is 10.0 Å². The fraction of sp³-hybridized carbons (Fsp3) is 0.0500. The standard InChI is InChI=1S/C20H12Cl2N2O3S/c21-13-5-1-11(2-6-13)16-15(17(25)12-3-7-14(22)8-4-12)18(26)19(27)24(16)20-23-9-10-28-20/h1-10,16,25H/b17-15+/t16-/m1/s1. The van der Waals surface area contributed by atoms with Crippen LogP contribution < -0.4 is 4.90 Å². The Hall–Kier alpha value is -2.67.